The molecule has 1 aliphatic rings. The van der Waals surface area contributed by atoms with Crippen molar-refractivity contribution in [2.24, 2.45) is 23.3 Å². The van der Waals surface area contributed by atoms with Crippen molar-refractivity contribution < 1.29 is 86.8 Å². The molecule has 4 aromatic rings. The molecule has 0 radical (unpaired) electrons. The average molecular weight is 1590 g/mol. The highest BCUT2D eigenvalue weighted by Crippen LogP contribution is 2.18. The number of carbonyl (C=O) groups is 14. The van der Waals surface area contributed by atoms with Gasteiger partial charge >= 0.3 is 11.9 Å². The van der Waals surface area contributed by atoms with Crippen LogP contribution in [-0.2, 0) is 103 Å². The van der Waals surface area contributed by atoms with Crippen molar-refractivity contribution in [3.63, 3.8) is 0 Å². The summed E-state index contributed by atoms with van der Waals surface area (Å²) in [6, 6.07) is 11.1. The van der Waals surface area contributed by atoms with Gasteiger partial charge in [-0.3, -0.25) is 77.9 Å². The largest absolute Gasteiger partial charge is 0.508 e. The van der Waals surface area contributed by atoms with E-state index in [2.05, 4.69) is 74.4 Å². The molecule has 36 heteroatoms. The summed E-state index contributed by atoms with van der Waals surface area (Å²) in [6.07, 6.45) is -2.76. The van der Waals surface area contributed by atoms with Crippen LogP contribution in [0.4, 0.5) is 0 Å². The first-order valence-electron chi connectivity index (χ1n) is 37.9. The van der Waals surface area contributed by atoms with Gasteiger partial charge in [0.05, 0.1) is 12.8 Å². The zero-order valence-electron chi connectivity index (χ0n) is 65.0. The number of hydrogen-bond acceptors (Lipinski definition) is 20. The van der Waals surface area contributed by atoms with E-state index >= 15 is 47.9 Å². The van der Waals surface area contributed by atoms with Crippen LogP contribution in [0.25, 0.3) is 0 Å². The van der Waals surface area contributed by atoms with Crippen LogP contribution in [0.2, 0.25) is 0 Å². The second-order valence-electron chi connectivity index (χ2n) is 28.3. The predicted octanol–water partition coefficient (Wildman–Crippen LogP) is -0.537. The number of nitrogens with two attached hydrogens (primary N) is 2. The molecular weight excluding hydrogens is 1480 g/mol. The zero-order valence-corrected chi connectivity index (χ0v) is 65.0. The summed E-state index contributed by atoms with van der Waals surface area (Å²) in [4.78, 5) is 203. The summed E-state index contributed by atoms with van der Waals surface area (Å²) in [5.74, 6) is -16.2. The highest BCUT2D eigenvalue weighted by molar-refractivity contribution is 6.01. The Morgan fingerprint density at radius 2 is 0.632 bits per heavy atom. The van der Waals surface area contributed by atoms with Gasteiger partial charge in [0, 0.05) is 52.9 Å². The number of phenols is 2. The van der Waals surface area contributed by atoms with Crippen LogP contribution >= 0.6 is 0 Å². The second-order valence-corrected chi connectivity index (χ2v) is 28.3. The molecule has 0 unspecified atom stereocenters. The van der Waals surface area contributed by atoms with E-state index in [-0.39, 0.29) is 140 Å². The zero-order chi connectivity index (χ0) is 83.8. The van der Waals surface area contributed by atoms with Gasteiger partial charge in [-0.2, -0.15) is 0 Å². The number of rotatable bonds is 32. The lowest BCUT2D eigenvalue weighted by atomic mass is 9.99. The lowest BCUT2D eigenvalue weighted by Crippen LogP contribution is -2.62. The molecule has 0 bridgehead atoms. The summed E-state index contributed by atoms with van der Waals surface area (Å²) in [5, 5.41) is 73.1. The van der Waals surface area contributed by atoms with Crippen LogP contribution in [0, 0.1) is 22.7 Å². The molecule has 12 amide bonds. The van der Waals surface area contributed by atoms with Gasteiger partial charge in [-0.15, -0.1) is 0 Å². The third-order valence-electron chi connectivity index (χ3n) is 18.1. The van der Waals surface area contributed by atoms with Gasteiger partial charge in [-0.05, 0) is 123 Å². The molecule has 4 aromatic carbocycles. The third-order valence-corrected chi connectivity index (χ3v) is 18.1. The molecule has 114 heavy (non-hydrogen) atoms. The monoisotopic (exact) mass is 1590 g/mol. The Kier molecular flexibility index (Phi) is 39.1. The number of phenolic OH excluding ortho intramolecular Hbond substituents is 2. The molecule has 1 fully saturated rings. The molecule has 1 heterocycles. The number of benzene rings is 4. The Hall–Kier alpha value is -12.4. The first-order valence-corrected chi connectivity index (χ1v) is 37.9. The number of carbonyl (C=O) groups excluding carboxylic acids is 14. The van der Waals surface area contributed by atoms with Gasteiger partial charge in [0.2, 0.25) is 70.9 Å². The molecule has 0 aromatic heterocycles. The van der Waals surface area contributed by atoms with Gasteiger partial charge in [0.1, 0.15) is 85.1 Å². The maximum Gasteiger partial charge on any atom is 0.308 e. The first-order chi connectivity index (χ1) is 54.2. The quantitative estimate of drug-likeness (QED) is 0.0126. The van der Waals surface area contributed by atoms with Gasteiger partial charge in [-0.25, -0.2) is 0 Å². The molecule has 5 rings (SSSR count). The van der Waals surface area contributed by atoms with E-state index in [0.717, 1.165) is 0 Å². The van der Waals surface area contributed by atoms with Crippen molar-refractivity contribution in [1.29, 1.82) is 10.8 Å². The van der Waals surface area contributed by atoms with E-state index in [9.17, 15) is 29.4 Å². The Balaban J connectivity index is 1.74. The number of guanidine groups is 2. The number of esters is 2. The summed E-state index contributed by atoms with van der Waals surface area (Å²) < 4.78 is 11.2. The van der Waals surface area contributed by atoms with Gasteiger partial charge in [0.15, 0.2) is 11.9 Å². The summed E-state index contributed by atoms with van der Waals surface area (Å²) in [7, 11) is 0. The fourth-order valence-electron chi connectivity index (χ4n) is 11.8. The number of ether oxygens (including phenoxy) is 2. The smallest absolute Gasteiger partial charge is 0.308 e. The topological polar surface area (TPSA) is 566 Å². The standard InChI is InChI=1S/C78H110N18O18/c1-45(2)65-75(111)93-59(39-49-27-31-53(99)32-28-49)71(107)89-57(25-17-37-85-77(79)80)67(103)88-56(24-14-16-36-84-48(6)98)70(106)92-62(42-64(102)114-44-52-21-11-8-12-22-52)74(110)96-66(46(3)4)76(112)94-60(40-50-29-33-54(100)34-30-50)72(108)90-58(26-18-38-86-78(81)82)68(104)87-55(23-13-15-35-83-47(5)97)69(105)91-61(73(109)95-65)41-63(101)113-43-51-19-9-7-10-20-51/h7-12,19-22,27-34,45-46,55-62,65-66,99-100H,13-18,23-26,35-44H2,1-6H3,(H,83,97)(H,84,98)(H,87,104)(H,88,103)(H,89,107)(H,90,108)(H,91,105)(H,92,106)(H,93,111)(H,94,112)(H,95,109)(H,96,110)(H4,79,80,85)(H4,81,82,86)/t55-,56-,57-,58-,59-,60-,61-,62-,65-,66-/m0/s1. The lowest BCUT2D eigenvalue weighted by molar-refractivity contribution is -0.148. The van der Waals surface area contributed by atoms with Crippen LogP contribution in [0.1, 0.15) is 141 Å². The average Bonchev–Trinajstić information content (AvgIpc) is 0.844. The fraction of sp³-hybridized carbons (Fsp3) is 0.487. The molecule has 0 spiro atoms. The number of nitrogens with one attached hydrogen (secondary N) is 16. The number of hydrogen-bond donors (Lipinski definition) is 20. The van der Waals surface area contributed by atoms with E-state index in [4.69, 9.17) is 31.8 Å². The van der Waals surface area contributed by atoms with E-state index in [1.165, 1.54) is 90.1 Å². The fourth-order valence-corrected chi connectivity index (χ4v) is 11.8. The van der Waals surface area contributed by atoms with E-state index in [0.29, 0.717) is 22.3 Å². The van der Waals surface area contributed by atoms with Crippen molar-refractivity contribution in [3.8, 4) is 11.5 Å². The SMILES string of the molecule is CC(=O)NCCCC[C@@H]1NC(=O)[C@H](CCCNC(=N)N)NC(=O)[C@H](Cc2ccc(O)cc2)NC(=O)[C@H](C(C)C)NC(=O)[C@H](CC(=O)OCc2ccccc2)NC(=O)[C@H](CCCCNC(C)=O)NC(=O)[C@H](CCCNC(=N)N)NC(=O)[C@H](Cc2ccc(O)cc2)NC(=O)[C@H](C(C)C)NC(=O)[C@H](CC(=O)OCc2ccccc2)NC1=O. The number of aromatic hydroxyl groups is 2. The number of unbranched alkanes of at least 4 members (excludes halogenated alkanes) is 2. The van der Waals surface area contributed by atoms with Crippen molar-refractivity contribution in [1.82, 2.24) is 74.4 Å². The molecule has 10 atom stereocenters. The maximum atomic E-state index is 15.2. The molecule has 36 nitrogen and oxygen atoms in total. The Morgan fingerprint density at radius 3 is 0.930 bits per heavy atom. The van der Waals surface area contributed by atoms with Gasteiger partial charge < -0.3 is 106 Å². The normalized spacial score (nSPS) is 20.7. The molecule has 620 valence electrons. The van der Waals surface area contributed by atoms with Crippen LogP contribution in [0.5, 0.6) is 11.5 Å². The molecule has 0 saturated carbocycles. The highest BCUT2D eigenvalue weighted by atomic mass is 16.5. The summed E-state index contributed by atoms with van der Waals surface area (Å²) in [6.45, 7) is 8.31. The first kappa shape index (κ1) is 92.2. The lowest BCUT2D eigenvalue weighted by Gasteiger charge is -2.30. The van der Waals surface area contributed by atoms with Crippen molar-refractivity contribution >= 4 is 94.7 Å². The van der Waals surface area contributed by atoms with Crippen LogP contribution in [-0.4, -0.2) is 192 Å². The third kappa shape index (κ3) is 34.5. The molecule has 0 aliphatic carbocycles. The minimum absolute atomic E-state index is 0.00692. The second kappa shape index (κ2) is 48.4. The van der Waals surface area contributed by atoms with Crippen molar-refractivity contribution in [3.05, 3.63) is 131 Å². The molecular formula is C78H110N18O18. The molecule has 1 saturated heterocycles. The highest BCUT2D eigenvalue weighted by Gasteiger charge is 2.39. The van der Waals surface area contributed by atoms with Crippen LogP contribution in [0.15, 0.2) is 109 Å². The molecule has 22 N–H and O–H groups in total. The van der Waals surface area contributed by atoms with E-state index in [1.807, 2.05) is 0 Å². The predicted molar refractivity (Wildman–Crippen MR) is 418 cm³/mol. The van der Waals surface area contributed by atoms with Crippen LogP contribution in [0.3, 0.4) is 0 Å². The summed E-state index contributed by atoms with van der Waals surface area (Å²) in [5.41, 5.74) is 13.0. The Morgan fingerprint density at radius 1 is 0.360 bits per heavy atom. The van der Waals surface area contributed by atoms with Gasteiger partial charge in [-0.1, -0.05) is 113 Å². The van der Waals surface area contributed by atoms with Crippen molar-refractivity contribution in [2.75, 3.05) is 26.2 Å². The Labute approximate surface area is 661 Å². The minimum Gasteiger partial charge on any atom is -0.508 e. The Bertz CT molecular complexity index is 3660. The number of amides is 12. The summed E-state index contributed by atoms with van der Waals surface area (Å²) >= 11 is 0. The maximum absolute atomic E-state index is 15.2. The van der Waals surface area contributed by atoms with E-state index in [1.54, 1.807) is 60.7 Å². The van der Waals surface area contributed by atoms with E-state index < -0.39 is 168 Å². The minimum atomic E-state index is -1.91. The van der Waals surface area contributed by atoms with Crippen LogP contribution < -0.4 is 85.9 Å². The van der Waals surface area contributed by atoms with Crippen molar-refractivity contribution in [2.45, 2.75) is 205 Å². The van der Waals surface area contributed by atoms with Gasteiger partial charge in [0.25, 0.3) is 0 Å². The molecule has 1 aliphatic heterocycles.